The van der Waals surface area contributed by atoms with Crippen molar-refractivity contribution in [1.29, 1.82) is 0 Å². The fourth-order valence-electron chi connectivity index (χ4n) is 2.14. The Morgan fingerprint density at radius 2 is 2.00 bits per heavy atom. The number of hydrogen-bond donors (Lipinski definition) is 1. The van der Waals surface area contributed by atoms with Gasteiger partial charge in [-0.25, -0.2) is 8.42 Å². The van der Waals surface area contributed by atoms with Crippen LogP contribution in [-0.4, -0.2) is 30.3 Å². The summed E-state index contributed by atoms with van der Waals surface area (Å²) in [5.74, 6) is 0. The highest BCUT2D eigenvalue weighted by molar-refractivity contribution is 7.89. The lowest BCUT2D eigenvalue weighted by Gasteiger charge is -2.27. The predicted molar refractivity (Wildman–Crippen MR) is 86.4 cm³/mol. The second kappa shape index (κ2) is 6.65. The highest BCUT2D eigenvalue weighted by atomic mass is 32.2. The van der Waals surface area contributed by atoms with Gasteiger partial charge in [0.15, 0.2) is 0 Å². The minimum atomic E-state index is -3.49. The van der Waals surface area contributed by atoms with Gasteiger partial charge in [0.05, 0.1) is 4.90 Å². The van der Waals surface area contributed by atoms with Gasteiger partial charge in [-0.1, -0.05) is 32.1 Å². The van der Waals surface area contributed by atoms with E-state index in [1.807, 2.05) is 20.8 Å². The van der Waals surface area contributed by atoms with Gasteiger partial charge >= 0.3 is 0 Å². The van der Waals surface area contributed by atoms with E-state index in [4.69, 9.17) is 18.0 Å². The second-order valence-corrected chi connectivity index (χ2v) is 7.11. The molecule has 0 aliphatic heterocycles. The van der Waals surface area contributed by atoms with Crippen molar-refractivity contribution in [3.05, 3.63) is 29.3 Å². The number of rotatable bonds is 6. The number of hydrogen-bond acceptors (Lipinski definition) is 3. The van der Waals surface area contributed by atoms with Crippen molar-refractivity contribution >= 4 is 27.2 Å². The first kappa shape index (κ1) is 17.1. The second-order valence-electron chi connectivity index (χ2n) is 4.81. The van der Waals surface area contributed by atoms with E-state index >= 15 is 0 Å². The maximum atomic E-state index is 12.7. The van der Waals surface area contributed by atoms with Crippen LogP contribution in [0.2, 0.25) is 0 Å². The minimum absolute atomic E-state index is 0.0281. The van der Waals surface area contributed by atoms with Crippen molar-refractivity contribution in [2.75, 3.05) is 6.54 Å². The lowest BCUT2D eigenvalue weighted by molar-refractivity contribution is 0.342. The molecule has 0 amide bonds. The van der Waals surface area contributed by atoms with E-state index < -0.39 is 10.0 Å². The van der Waals surface area contributed by atoms with E-state index in [2.05, 4.69) is 0 Å². The predicted octanol–water partition coefficient (Wildman–Crippen LogP) is 2.44. The van der Waals surface area contributed by atoms with Crippen molar-refractivity contribution in [2.45, 2.75) is 45.1 Å². The molecule has 0 saturated heterocycles. The van der Waals surface area contributed by atoms with Crippen LogP contribution in [0.4, 0.5) is 0 Å². The first-order valence-corrected chi connectivity index (χ1v) is 8.52. The SMILES string of the molecule is CCC(C)N(CC)S(=O)(=O)c1ccc(C(N)=S)cc1C. The van der Waals surface area contributed by atoms with Crippen molar-refractivity contribution in [3.8, 4) is 0 Å². The van der Waals surface area contributed by atoms with Crippen LogP contribution in [0.25, 0.3) is 0 Å². The van der Waals surface area contributed by atoms with E-state index in [1.165, 1.54) is 4.31 Å². The Bertz CT molecular complexity index is 597. The molecule has 0 spiro atoms. The first-order chi connectivity index (χ1) is 9.25. The standard InChI is InChI=1S/C14H22N2O2S2/c1-5-11(4)16(6-2)20(17,18)13-8-7-12(14(15)19)9-10(13)3/h7-9,11H,5-6H2,1-4H3,(H2,15,19). The number of nitrogens with zero attached hydrogens (tertiary/aromatic N) is 1. The molecule has 0 aliphatic rings. The number of benzene rings is 1. The zero-order valence-electron chi connectivity index (χ0n) is 12.4. The monoisotopic (exact) mass is 314 g/mol. The third-order valence-electron chi connectivity index (χ3n) is 3.44. The van der Waals surface area contributed by atoms with Gasteiger partial charge in [0.2, 0.25) is 10.0 Å². The molecule has 1 unspecified atom stereocenters. The summed E-state index contributed by atoms with van der Waals surface area (Å²) in [6, 6.07) is 4.94. The molecular formula is C14H22N2O2S2. The maximum Gasteiger partial charge on any atom is 0.243 e. The summed E-state index contributed by atoms with van der Waals surface area (Å²) in [5, 5.41) is 0. The topological polar surface area (TPSA) is 63.4 Å². The zero-order chi connectivity index (χ0) is 15.5. The highest BCUT2D eigenvalue weighted by Crippen LogP contribution is 2.23. The molecule has 0 radical (unpaired) electrons. The Morgan fingerprint density at radius 3 is 2.40 bits per heavy atom. The summed E-state index contributed by atoms with van der Waals surface area (Å²) in [7, 11) is -3.49. The molecule has 4 nitrogen and oxygen atoms in total. The zero-order valence-corrected chi connectivity index (χ0v) is 14.0. The molecule has 1 atom stereocenters. The Hall–Kier alpha value is -0.980. The third-order valence-corrected chi connectivity index (χ3v) is 5.93. The summed E-state index contributed by atoms with van der Waals surface area (Å²) in [6.45, 7) is 7.96. The normalized spacial score (nSPS) is 13.4. The smallest absolute Gasteiger partial charge is 0.243 e. The van der Waals surface area contributed by atoms with Crippen molar-refractivity contribution in [1.82, 2.24) is 4.31 Å². The molecule has 0 aliphatic carbocycles. The molecule has 112 valence electrons. The minimum Gasteiger partial charge on any atom is -0.389 e. The van der Waals surface area contributed by atoms with E-state index in [0.29, 0.717) is 22.6 Å². The Kier molecular flexibility index (Phi) is 5.68. The van der Waals surface area contributed by atoms with Crippen LogP contribution < -0.4 is 5.73 Å². The number of nitrogens with two attached hydrogens (primary N) is 1. The number of thiocarbonyl (C=S) groups is 1. The molecule has 0 heterocycles. The molecule has 6 heteroatoms. The Labute approximate surface area is 127 Å². The Balaban J connectivity index is 3.31. The van der Waals surface area contributed by atoms with E-state index in [0.717, 1.165) is 6.42 Å². The van der Waals surface area contributed by atoms with Gasteiger partial charge < -0.3 is 5.73 Å². The van der Waals surface area contributed by atoms with Crippen LogP contribution >= 0.6 is 12.2 Å². The van der Waals surface area contributed by atoms with Crippen LogP contribution in [-0.2, 0) is 10.0 Å². The lowest BCUT2D eigenvalue weighted by atomic mass is 10.1. The van der Waals surface area contributed by atoms with Crippen LogP contribution in [0.5, 0.6) is 0 Å². The van der Waals surface area contributed by atoms with E-state index in [-0.39, 0.29) is 11.0 Å². The molecule has 0 aromatic heterocycles. The highest BCUT2D eigenvalue weighted by Gasteiger charge is 2.28. The van der Waals surface area contributed by atoms with E-state index in [1.54, 1.807) is 25.1 Å². The lowest BCUT2D eigenvalue weighted by Crippen LogP contribution is -2.38. The summed E-state index contributed by atoms with van der Waals surface area (Å²) in [6.07, 6.45) is 0.775. The first-order valence-electron chi connectivity index (χ1n) is 6.68. The number of sulfonamides is 1. The van der Waals surface area contributed by atoms with Gasteiger partial charge in [0.1, 0.15) is 4.99 Å². The van der Waals surface area contributed by atoms with Crippen LogP contribution in [0, 0.1) is 6.92 Å². The molecule has 0 saturated carbocycles. The van der Waals surface area contributed by atoms with Crippen molar-refractivity contribution in [2.24, 2.45) is 5.73 Å². The van der Waals surface area contributed by atoms with Crippen LogP contribution in [0.1, 0.15) is 38.3 Å². The van der Waals surface area contributed by atoms with Crippen LogP contribution in [0.15, 0.2) is 23.1 Å². The van der Waals surface area contributed by atoms with Gasteiger partial charge in [-0.05, 0) is 38.0 Å². The van der Waals surface area contributed by atoms with Gasteiger partial charge in [-0.15, -0.1) is 0 Å². The number of aryl methyl sites for hydroxylation is 1. The third kappa shape index (κ3) is 3.37. The van der Waals surface area contributed by atoms with Crippen molar-refractivity contribution < 1.29 is 8.42 Å². The fraction of sp³-hybridized carbons (Fsp3) is 0.500. The fourth-order valence-corrected chi connectivity index (χ4v) is 4.19. The largest absolute Gasteiger partial charge is 0.389 e. The van der Waals surface area contributed by atoms with Crippen molar-refractivity contribution in [3.63, 3.8) is 0 Å². The average molecular weight is 314 g/mol. The van der Waals surface area contributed by atoms with Gasteiger partial charge in [0, 0.05) is 18.2 Å². The Morgan fingerprint density at radius 1 is 1.40 bits per heavy atom. The molecule has 1 aromatic carbocycles. The molecule has 2 N–H and O–H groups in total. The quantitative estimate of drug-likeness (QED) is 0.819. The van der Waals surface area contributed by atoms with Crippen LogP contribution in [0.3, 0.4) is 0 Å². The molecular weight excluding hydrogens is 292 g/mol. The summed E-state index contributed by atoms with van der Waals surface area (Å²) < 4.78 is 27.0. The molecule has 0 fully saturated rings. The summed E-state index contributed by atoms with van der Waals surface area (Å²) in [4.78, 5) is 0.589. The molecule has 0 bridgehead atoms. The summed E-state index contributed by atoms with van der Waals surface area (Å²) >= 11 is 4.91. The van der Waals surface area contributed by atoms with Gasteiger partial charge in [0.25, 0.3) is 0 Å². The van der Waals surface area contributed by atoms with E-state index in [9.17, 15) is 8.42 Å². The molecule has 1 aromatic rings. The van der Waals surface area contributed by atoms with Gasteiger partial charge in [-0.3, -0.25) is 0 Å². The maximum absolute atomic E-state index is 12.7. The molecule has 20 heavy (non-hydrogen) atoms. The summed E-state index contributed by atoms with van der Waals surface area (Å²) in [5.41, 5.74) is 6.92. The average Bonchev–Trinajstić information content (AvgIpc) is 2.38. The molecule has 1 rings (SSSR count). The van der Waals surface area contributed by atoms with Gasteiger partial charge in [-0.2, -0.15) is 4.31 Å².